The highest BCUT2D eigenvalue weighted by atomic mass is 35.5. The van der Waals surface area contributed by atoms with Gasteiger partial charge < -0.3 is 50.0 Å². The van der Waals surface area contributed by atoms with Gasteiger partial charge in [-0.15, -0.1) is 0 Å². The number of benzene rings is 3. The molecule has 4 heterocycles. The third kappa shape index (κ3) is 13.2. The summed E-state index contributed by atoms with van der Waals surface area (Å²) in [6.07, 6.45) is 1.32. The van der Waals surface area contributed by atoms with E-state index >= 15 is 0 Å². The van der Waals surface area contributed by atoms with Gasteiger partial charge in [0.15, 0.2) is 0 Å². The molecule has 0 aliphatic carbocycles. The summed E-state index contributed by atoms with van der Waals surface area (Å²) in [5, 5.41) is 18.1. The zero-order valence-electron chi connectivity index (χ0n) is 40.4. The smallest absolute Gasteiger partial charge is 0.410 e. The normalized spacial score (nSPS) is 16.6. The van der Waals surface area contributed by atoms with Gasteiger partial charge >= 0.3 is 12.2 Å². The number of nitrogens with one attached hydrogen (secondary N) is 3. The lowest BCUT2D eigenvalue weighted by Crippen LogP contribution is -2.36. The van der Waals surface area contributed by atoms with Gasteiger partial charge in [0.2, 0.25) is 5.91 Å². The van der Waals surface area contributed by atoms with E-state index in [4.69, 9.17) is 35.9 Å². The van der Waals surface area contributed by atoms with Crippen molar-refractivity contribution in [1.82, 2.24) is 20.1 Å². The van der Waals surface area contributed by atoms with Crippen molar-refractivity contribution in [3.8, 4) is 22.3 Å². The fourth-order valence-electron chi connectivity index (χ4n) is 8.12. The lowest BCUT2D eigenvalue weighted by Gasteiger charge is -2.25. The van der Waals surface area contributed by atoms with Crippen LogP contribution in [0.5, 0.6) is 0 Å². The Labute approximate surface area is 397 Å². The Kier molecular flexibility index (Phi) is 15.5. The van der Waals surface area contributed by atoms with Crippen LogP contribution in [0.2, 0.25) is 5.02 Å². The molecule has 15 nitrogen and oxygen atoms in total. The lowest BCUT2D eigenvalue weighted by atomic mass is 9.99. The summed E-state index contributed by atoms with van der Waals surface area (Å²) < 4.78 is 35.5. The number of carbonyl (C=O) groups is 3. The molecule has 2 aliphatic rings. The lowest BCUT2D eigenvalue weighted by molar-refractivity contribution is -0.119. The molecule has 3 amide bonds. The van der Waals surface area contributed by atoms with Gasteiger partial charge in [-0.1, -0.05) is 47.0 Å². The van der Waals surface area contributed by atoms with E-state index in [9.17, 15) is 18.8 Å². The number of nitrogens with two attached hydrogens (primary N) is 1. The summed E-state index contributed by atoms with van der Waals surface area (Å²) in [5.41, 5.74) is 14.0. The number of rotatable bonds is 10. The van der Waals surface area contributed by atoms with Crippen LogP contribution in [0.1, 0.15) is 89.8 Å². The topological polar surface area (TPSA) is 190 Å². The van der Waals surface area contributed by atoms with Crippen LogP contribution in [-0.4, -0.2) is 87.7 Å². The average Bonchev–Trinajstić information content (AvgIpc) is 4.05. The number of ether oxygens (including phenoxy) is 2. The zero-order chi connectivity index (χ0) is 49.0. The van der Waals surface area contributed by atoms with Gasteiger partial charge in [-0.25, -0.2) is 14.0 Å². The van der Waals surface area contributed by atoms with E-state index in [1.807, 2.05) is 106 Å². The Morgan fingerprint density at radius 2 is 1.25 bits per heavy atom. The van der Waals surface area contributed by atoms with Crippen molar-refractivity contribution in [2.75, 3.05) is 47.9 Å². The molecule has 0 unspecified atom stereocenters. The summed E-state index contributed by atoms with van der Waals surface area (Å²) in [4.78, 5) is 41.5. The molecule has 7 rings (SSSR count). The number of halogens is 2. The Morgan fingerprint density at radius 3 is 1.72 bits per heavy atom. The molecule has 0 radical (unpaired) electrons. The number of likely N-dealkylation sites (tertiary alicyclic amines) is 2. The largest absolute Gasteiger partial charge is 0.444 e. The minimum absolute atomic E-state index is 0.0254. The molecule has 17 heteroatoms. The maximum atomic E-state index is 13.9. The molecule has 5 N–H and O–H groups in total. The van der Waals surface area contributed by atoms with Crippen molar-refractivity contribution in [2.45, 2.75) is 119 Å². The maximum Gasteiger partial charge on any atom is 0.410 e. The van der Waals surface area contributed by atoms with Gasteiger partial charge in [0, 0.05) is 55.3 Å². The van der Waals surface area contributed by atoms with E-state index < -0.39 is 22.9 Å². The monoisotopic (exact) mass is 942 g/mol. The summed E-state index contributed by atoms with van der Waals surface area (Å²) in [5.74, 6) is 0.289. The highest BCUT2D eigenvalue weighted by Crippen LogP contribution is 2.35. The molecule has 2 aliphatic heterocycles. The van der Waals surface area contributed by atoms with Gasteiger partial charge in [0.1, 0.15) is 28.5 Å². The fourth-order valence-corrected chi connectivity index (χ4v) is 8.24. The summed E-state index contributed by atoms with van der Waals surface area (Å²) in [6, 6.07) is 16.3. The minimum atomic E-state index is -0.567. The predicted octanol–water partition coefficient (Wildman–Crippen LogP) is 11.0. The molecule has 0 spiro atoms. The Morgan fingerprint density at radius 1 is 0.761 bits per heavy atom. The van der Waals surface area contributed by atoms with Crippen molar-refractivity contribution < 1.29 is 37.3 Å². The molecule has 360 valence electrons. The molecule has 3 aromatic carbocycles. The van der Waals surface area contributed by atoms with E-state index in [0.717, 1.165) is 63.6 Å². The number of hydrogen-bond acceptors (Lipinski definition) is 12. The zero-order valence-corrected chi connectivity index (χ0v) is 41.1. The average molecular weight is 944 g/mol. The second kappa shape index (κ2) is 20.7. The van der Waals surface area contributed by atoms with Crippen LogP contribution in [0.3, 0.4) is 0 Å². The first-order chi connectivity index (χ1) is 31.4. The van der Waals surface area contributed by atoms with E-state index in [0.29, 0.717) is 55.3 Å². The number of aromatic nitrogens is 2. The number of nitrogens with zero attached hydrogens (tertiary/aromatic N) is 4. The quantitative estimate of drug-likeness (QED) is 0.0971. The van der Waals surface area contributed by atoms with Crippen molar-refractivity contribution in [3.63, 3.8) is 0 Å². The molecular formula is C50H64ClFN8O7. The number of aryl methyl sites for hydroxylation is 4. The molecule has 0 bridgehead atoms. The molecule has 2 aromatic heterocycles. The van der Waals surface area contributed by atoms with Crippen LogP contribution in [-0.2, 0) is 20.7 Å². The van der Waals surface area contributed by atoms with Crippen molar-refractivity contribution in [3.05, 3.63) is 93.9 Å². The standard InChI is InChI=1S/C30H36ClFN4O4.C20H28N4O3/c1-17(13-20-7-9-23(31)24(32)14-20)28(37)34-26-15-21(27-18(2)35-40-19(27)3)8-10-25(26)33-22-11-12-36(16-22)29(38)39-30(4,5)6;1-12-18(13(2)27-23-12)14-6-7-17(16(21)10-14)22-15-8-9-24(11-15)19(25)26-20(3,4)5/h7-10,14-15,17,22,33H,11-13,16H2,1-6H3,(H,34,37);6-7,10,15,22H,8-9,11,21H2,1-5H3/t17-,22-;15-/m00/s1. The van der Waals surface area contributed by atoms with Gasteiger partial charge in [-0.3, -0.25) is 4.79 Å². The van der Waals surface area contributed by atoms with Gasteiger partial charge in [-0.05, 0) is 142 Å². The summed E-state index contributed by atoms with van der Waals surface area (Å²) in [6.45, 7) is 22.8. The Bertz CT molecular complexity index is 2540. The van der Waals surface area contributed by atoms with E-state index in [-0.39, 0.29) is 35.2 Å². The third-order valence-corrected chi connectivity index (χ3v) is 11.7. The first kappa shape index (κ1) is 50.1. The van der Waals surface area contributed by atoms with Crippen molar-refractivity contribution in [2.24, 2.45) is 5.92 Å². The number of carbonyl (C=O) groups excluding carboxylic acids is 3. The minimum Gasteiger partial charge on any atom is -0.444 e. The molecule has 3 atom stereocenters. The van der Waals surface area contributed by atoms with Crippen molar-refractivity contribution >= 4 is 52.4 Å². The van der Waals surface area contributed by atoms with Crippen molar-refractivity contribution in [1.29, 1.82) is 0 Å². The van der Waals surface area contributed by atoms with Crippen LogP contribution >= 0.6 is 11.6 Å². The first-order valence-corrected chi connectivity index (χ1v) is 23.0. The highest BCUT2D eigenvalue weighted by molar-refractivity contribution is 6.30. The van der Waals surface area contributed by atoms with Crippen LogP contribution in [0.4, 0.5) is 36.7 Å². The Hall–Kier alpha value is -6.29. The van der Waals surface area contributed by atoms with E-state index in [2.05, 4.69) is 26.3 Å². The number of amides is 3. The van der Waals surface area contributed by atoms with Crippen LogP contribution in [0, 0.1) is 39.4 Å². The maximum absolute atomic E-state index is 13.9. The molecule has 5 aromatic rings. The van der Waals surface area contributed by atoms with Crippen LogP contribution in [0.25, 0.3) is 22.3 Å². The first-order valence-electron chi connectivity index (χ1n) is 22.6. The SMILES string of the molecule is Cc1noc(C)c1-c1ccc(N[C@H]2CCN(C(=O)OC(C)(C)C)C2)c(N)c1.Cc1noc(C)c1-c1ccc(N[C@H]2CCN(C(=O)OC(C)(C)C)C2)c(NC(=O)[C@@H](C)Cc2ccc(Cl)c(F)c2)c1. The second-order valence-electron chi connectivity index (χ2n) is 19.4. The molecule has 2 saturated heterocycles. The molecule has 0 saturated carbocycles. The second-order valence-corrected chi connectivity index (χ2v) is 19.8. The summed E-state index contributed by atoms with van der Waals surface area (Å²) in [7, 11) is 0. The van der Waals surface area contributed by atoms with Crippen LogP contribution in [0.15, 0.2) is 63.6 Å². The van der Waals surface area contributed by atoms with Gasteiger partial charge in [0.05, 0.1) is 39.2 Å². The third-order valence-electron chi connectivity index (χ3n) is 11.3. The Balaban J connectivity index is 0.000000238. The van der Waals surface area contributed by atoms with Gasteiger partial charge in [-0.2, -0.15) is 0 Å². The fraction of sp³-hybridized carbons (Fsp3) is 0.460. The highest BCUT2D eigenvalue weighted by Gasteiger charge is 2.32. The number of anilines is 4. The molecule has 2 fully saturated rings. The molecule has 67 heavy (non-hydrogen) atoms. The number of hydrogen-bond donors (Lipinski definition) is 4. The van der Waals surface area contributed by atoms with Crippen LogP contribution < -0.4 is 21.7 Å². The van der Waals surface area contributed by atoms with E-state index in [1.54, 1.807) is 22.8 Å². The van der Waals surface area contributed by atoms with E-state index in [1.165, 1.54) is 12.1 Å². The van der Waals surface area contributed by atoms with Gasteiger partial charge in [0.25, 0.3) is 0 Å². The predicted molar refractivity (Wildman–Crippen MR) is 260 cm³/mol. The summed E-state index contributed by atoms with van der Waals surface area (Å²) >= 11 is 5.81. The molecular weight excluding hydrogens is 879 g/mol. The number of nitrogen functional groups attached to an aromatic ring is 1.